The standard InChI is InChI=1S/C21H16Cl2N2O3/c22-18-10-5-14(11-19(18)23)13-28-20-4-2-1-3-16(20)12-24-25-17-8-6-15(7-9-17)21(26)27/h1-12,25H,13H2,(H,26,27). The molecule has 3 aromatic rings. The van der Waals surface area contributed by atoms with Gasteiger partial charge in [0.1, 0.15) is 12.4 Å². The highest BCUT2D eigenvalue weighted by molar-refractivity contribution is 6.42. The Hall–Kier alpha value is -3.02. The molecule has 0 spiro atoms. The van der Waals surface area contributed by atoms with Gasteiger partial charge in [-0.2, -0.15) is 5.10 Å². The van der Waals surface area contributed by atoms with Gasteiger partial charge < -0.3 is 9.84 Å². The van der Waals surface area contributed by atoms with Crippen molar-refractivity contribution in [2.24, 2.45) is 5.10 Å². The molecule has 0 aromatic heterocycles. The lowest BCUT2D eigenvalue weighted by molar-refractivity contribution is 0.0697. The first-order chi connectivity index (χ1) is 13.5. The third kappa shape index (κ3) is 5.25. The fourth-order valence-electron chi connectivity index (χ4n) is 2.37. The van der Waals surface area contributed by atoms with Gasteiger partial charge in [-0.3, -0.25) is 5.43 Å². The Morgan fingerprint density at radius 3 is 2.50 bits per heavy atom. The van der Waals surface area contributed by atoms with E-state index in [-0.39, 0.29) is 5.56 Å². The van der Waals surface area contributed by atoms with Gasteiger partial charge in [0, 0.05) is 5.56 Å². The average Bonchev–Trinajstić information content (AvgIpc) is 2.70. The summed E-state index contributed by atoms with van der Waals surface area (Å²) in [5.41, 5.74) is 5.45. The van der Waals surface area contributed by atoms with Crippen molar-refractivity contribution in [3.8, 4) is 5.75 Å². The molecule has 0 bridgehead atoms. The summed E-state index contributed by atoms with van der Waals surface area (Å²) in [5.74, 6) is -0.302. The van der Waals surface area contributed by atoms with Crippen molar-refractivity contribution >= 4 is 41.1 Å². The number of hydrogen-bond donors (Lipinski definition) is 2. The molecule has 0 saturated heterocycles. The molecule has 7 heteroatoms. The Labute approximate surface area is 172 Å². The SMILES string of the molecule is O=C(O)c1ccc(NN=Cc2ccccc2OCc2ccc(Cl)c(Cl)c2)cc1. The minimum Gasteiger partial charge on any atom is -0.488 e. The zero-order valence-electron chi connectivity index (χ0n) is 14.6. The van der Waals surface area contributed by atoms with Gasteiger partial charge in [-0.25, -0.2) is 4.79 Å². The molecule has 0 unspecified atom stereocenters. The summed E-state index contributed by atoms with van der Waals surface area (Å²) >= 11 is 12.0. The highest BCUT2D eigenvalue weighted by atomic mass is 35.5. The van der Waals surface area contributed by atoms with E-state index in [9.17, 15) is 4.79 Å². The number of hydrazone groups is 1. The smallest absolute Gasteiger partial charge is 0.335 e. The summed E-state index contributed by atoms with van der Waals surface area (Å²) in [7, 11) is 0. The highest BCUT2D eigenvalue weighted by Crippen LogP contribution is 2.24. The monoisotopic (exact) mass is 414 g/mol. The van der Waals surface area contributed by atoms with Crippen LogP contribution >= 0.6 is 23.2 Å². The van der Waals surface area contributed by atoms with E-state index < -0.39 is 5.97 Å². The van der Waals surface area contributed by atoms with E-state index in [1.54, 1.807) is 30.5 Å². The van der Waals surface area contributed by atoms with Crippen LogP contribution in [0.25, 0.3) is 0 Å². The number of rotatable bonds is 7. The molecule has 0 saturated carbocycles. The maximum Gasteiger partial charge on any atom is 0.335 e. The van der Waals surface area contributed by atoms with Crippen LogP contribution in [0, 0.1) is 0 Å². The van der Waals surface area contributed by atoms with Gasteiger partial charge in [0.2, 0.25) is 0 Å². The highest BCUT2D eigenvalue weighted by Gasteiger charge is 2.04. The van der Waals surface area contributed by atoms with E-state index >= 15 is 0 Å². The Kier molecular flexibility index (Phi) is 6.53. The Morgan fingerprint density at radius 2 is 1.79 bits per heavy atom. The fraction of sp³-hybridized carbons (Fsp3) is 0.0476. The van der Waals surface area contributed by atoms with Gasteiger partial charge in [-0.15, -0.1) is 0 Å². The van der Waals surface area contributed by atoms with Gasteiger partial charge in [-0.05, 0) is 54.1 Å². The van der Waals surface area contributed by atoms with E-state index in [4.69, 9.17) is 33.0 Å². The number of halogens is 2. The molecule has 0 amide bonds. The molecule has 5 nitrogen and oxygen atoms in total. The zero-order chi connectivity index (χ0) is 19.9. The van der Waals surface area contributed by atoms with Crippen LogP contribution < -0.4 is 10.2 Å². The summed E-state index contributed by atoms with van der Waals surface area (Å²) in [4.78, 5) is 10.9. The van der Waals surface area contributed by atoms with Crippen molar-refractivity contribution < 1.29 is 14.6 Å². The molecule has 0 aliphatic rings. The molecule has 0 atom stereocenters. The lowest BCUT2D eigenvalue weighted by atomic mass is 10.2. The summed E-state index contributed by atoms with van der Waals surface area (Å²) in [6.45, 7) is 0.339. The minimum atomic E-state index is -0.969. The number of carboxylic acid groups (broad SMARTS) is 1. The minimum absolute atomic E-state index is 0.218. The largest absolute Gasteiger partial charge is 0.488 e. The van der Waals surface area contributed by atoms with Gasteiger partial charge >= 0.3 is 5.97 Å². The Balaban J connectivity index is 1.65. The lowest BCUT2D eigenvalue weighted by Crippen LogP contribution is -1.99. The van der Waals surface area contributed by atoms with Crippen LogP contribution in [0.4, 0.5) is 5.69 Å². The second-order valence-electron chi connectivity index (χ2n) is 5.83. The zero-order valence-corrected chi connectivity index (χ0v) is 16.1. The second-order valence-corrected chi connectivity index (χ2v) is 6.64. The quantitative estimate of drug-likeness (QED) is 0.383. The molecule has 3 rings (SSSR count). The van der Waals surface area contributed by atoms with Crippen molar-refractivity contribution in [3.63, 3.8) is 0 Å². The van der Waals surface area contributed by atoms with Crippen molar-refractivity contribution in [1.29, 1.82) is 0 Å². The predicted molar refractivity (Wildman–Crippen MR) is 112 cm³/mol. The van der Waals surface area contributed by atoms with E-state index in [0.29, 0.717) is 28.1 Å². The molecule has 2 N–H and O–H groups in total. The number of nitrogens with one attached hydrogen (secondary N) is 1. The van der Waals surface area contributed by atoms with E-state index in [1.807, 2.05) is 30.3 Å². The number of anilines is 1. The van der Waals surface area contributed by atoms with Crippen LogP contribution in [0.3, 0.4) is 0 Å². The summed E-state index contributed by atoms with van der Waals surface area (Å²) in [6, 6.07) is 19.1. The number of nitrogens with zero attached hydrogens (tertiary/aromatic N) is 1. The van der Waals surface area contributed by atoms with Crippen LogP contribution in [0.5, 0.6) is 5.75 Å². The van der Waals surface area contributed by atoms with Gasteiger partial charge in [-0.1, -0.05) is 41.4 Å². The van der Waals surface area contributed by atoms with Crippen LogP contribution in [0.15, 0.2) is 71.8 Å². The third-order valence-corrected chi connectivity index (χ3v) is 4.57. The number of para-hydroxylation sites is 1. The molecule has 0 heterocycles. The van der Waals surface area contributed by atoms with Gasteiger partial charge in [0.05, 0.1) is 27.5 Å². The van der Waals surface area contributed by atoms with E-state index in [2.05, 4.69) is 10.5 Å². The summed E-state index contributed by atoms with van der Waals surface area (Å²) < 4.78 is 5.88. The number of aromatic carboxylic acids is 1. The Bertz CT molecular complexity index is 1000. The first-order valence-electron chi connectivity index (χ1n) is 8.31. The first kappa shape index (κ1) is 19.7. The van der Waals surface area contributed by atoms with E-state index in [1.165, 1.54) is 12.1 Å². The first-order valence-corrected chi connectivity index (χ1v) is 9.07. The third-order valence-electron chi connectivity index (χ3n) is 3.83. The topological polar surface area (TPSA) is 70.9 Å². The van der Waals surface area contributed by atoms with E-state index in [0.717, 1.165) is 11.1 Å². The average molecular weight is 415 g/mol. The molecule has 0 fully saturated rings. The van der Waals surface area contributed by atoms with Crippen LogP contribution in [-0.2, 0) is 6.61 Å². The van der Waals surface area contributed by atoms with Crippen LogP contribution in [0.2, 0.25) is 10.0 Å². The number of benzene rings is 3. The molecule has 0 aliphatic heterocycles. The van der Waals surface area contributed by atoms with Crippen LogP contribution in [-0.4, -0.2) is 17.3 Å². The number of ether oxygens (including phenoxy) is 1. The molecule has 0 radical (unpaired) electrons. The summed E-state index contributed by atoms with van der Waals surface area (Å²) in [6.07, 6.45) is 1.63. The number of hydrogen-bond acceptors (Lipinski definition) is 4. The summed E-state index contributed by atoms with van der Waals surface area (Å²) in [5, 5.41) is 14.1. The Morgan fingerprint density at radius 1 is 1.04 bits per heavy atom. The fourth-order valence-corrected chi connectivity index (χ4v) is 2.69. The molecular formula is C21H16Cl2N2O3. The van der Waals surface area contributed by atoms with Crippen molar-refractivity contribution in [2.45, 2.75) is 6.61 Å². The normalized spacial score (nSPS) is 10.8. The maximum absolute atomic E-state index is 10.9. The molecule has 0 aliphatic carbocycles. The van der Waals surface area contributed by atoms with Gasteiger partial charge in [0.15, 0.2) is 0 Å². The van der Waals surface area contributed by atoms with Crippen molar-refractivity contribution in [2.75, 3.05) is 5.43 Å². The van der Waals surface area contributed by atoms with Crippen molar-refractivity contribution in [1.82, 2.24) is 0 Å². The number of carboxylic acids is 1. The molecular weight excluding hydrogens is 399 g/mol. The lowest BCUT2D eigenvalue weighted by Gasteiger charge is -2.09. The van der Waals surface area contributed by atoms with Gasteiger partial charge in [0.25, 0.3) is 0 Å². The van der Waals surface area contributed by atoms with Crippen LogP contribution in [0.1, 0.15) is 21.5 Å². The molecule has 3 aromatic carbocycles. The molecule has 142 valence electrons. The molecule has 28 heavy (non-hydrogen) atoms. The predicted octanol–water partition coefficient (Wildman–Crippen LogP) is 5.72. The second kappa shape index (κ2) is 9.26. The maximum atomic E-state index is 10.9. The van der Waals surface area contributed by atoms with Crippen molar-refractivity contribution in [3.05, 3.63) is 93.5 Å². The number of carbonyl (C=O) groups is 1.